The zero-order chi connectivity index (χ0) is 17.8. The molecule has 1 unspecified atom stereocenters. The highest BCUT2D eigenvalue weighted by atomic mass is 16.3. The summed E-state index contributed by atoms with van der Waals surface area (Å²) in [4.78, 5) is 17.2. The first-order chi connectivity index (χ1) is 12.8. The maximum Gasteiger partial charge on any atom is 0.234 e. The lowest BCUT2D eigenvalue weighted by Crippen LogP contribution is -2.49. The number of carbonyl (C=O) groups excluding carboxylic acids is 1. The summed E-state index contributed by atoms with van der Waals surface area (Å²) in [6.07, 6.45) is 5.03. The van der Waals surface area contributed by atoms with Gasteiger partial charge in [0.25, 0.3) is 0 Å². The third-order valence-corrected chi connectivity index (χ3v) is 5.50. The number of nitrogens with one attached hydrogen (secondary N) is 1. The first kappa shape index (κ1) is 17.3. The van der Waals surface area contributed by atoms with Crippen molar-refractivity contribution in [3.63, 3.8) is 0 Å². The number of fused-ring (bicyclic) bond motifs is 1. The van der Waals surface area contributed by atoms with Crippen LogP contribution in [0.5, 0.6) is 0 Å². The van der Waals surface area contributed by atoms with Gasteiger partial charge in [-0.25, -0.2) is 0 Å². The van der Waals surface area contributed by atoms with Crippen molar-refractivity contribution >= 4 is 5.91 Å². The molecule has 26 heavy (non-hydrogen) atoms. The van der Waals surface area contributed by atoms with Crippen LogP contribution in [0.2, 0.25) is 0 Å². The smallest absolute Gasteiger partial charge is 0.234 e. The molecular weight excluding hydrogens is 326 g/mol. The number of benzene rings is 1. The zero-order valence-corrected chi connectivity index (χ0v) is 15.2. The van der Waals surface area contributed by atoms with Gasteiger partial charge in [0.2, 0.25) is 5.91 Å². The van der Waals surface area contributed by atoms with Crippen LogP contribution in [0.15, 0.2) is 47.1 Å². The van der Waals surface area contributed by atoms with Crippen LogP contribution in [-0.4, -0.2) is 48.4 Å². The lowest BCUT2D eigenvalue weighted by atomic mass is 9.88. The molecule has 1 aromatic heterocycles. The van der Waals surface area contributed by atoms with Crippen molar-refractivity contribution < 1.29 is 9.21 Å². The van der Waals surface area contributed by atoms with Crippen molar-refractivity contribution in [1.82, 2.24) is 15.1 Å². The number of aryl methyl sites for hydroxylation is 1. The van der Waals surface area contributed by atoms with Crippen molar-refractivity contribution in [2.24, 2.45) is 0 Å². The normalized spacial score (nSPS) is 21.3. The third-order valence-electron chi connectivity index (χ3n) is 5.50. The molecule has 2 heterocycles. The summed E-state index contributed by atoms with van der Waals surface area (Å²) in [6.45, 7) is 5.14. The van der Waals surface area contributed by atoms with E-state index in [1.54, 1.807) is 6.26 Å². The molecule has 1 saturated heterocycles. The highest BCUT2D eigenvalue weighted by Crippen LogP contribution is 2.29. The summed E-state index contributed by atoms with van der Waals surface area (Å²) in [6, 6.07) is 12.6. The monoisotopic (exact) mass is 353 g/mol. The zero-order valence-electron chi connectivity index (χ0n) is 15.2. The largest absolute Gasteiger partial charge is 0.468 e. The van der Waals surface area contributed by atoms with E-state index in [-0.39, 0.29) is 11.9 Å². The number of nitrogens with zero attached hydrogens (tertiary/aromatic N) is 2. The maximum atomic E-state index is 12.5. The number of furan rings is 1. The van der Waals surface area contributed by atoms with Gasteiger partial charge in [0, 0.05) is 26.2 Å². The molecule has 0 radical (unpaired) electrons. The summed E-state index contributed by atoms with van der Waals surface area (Å²) in [5, 5.41) is 3.26. The SMILES string of the molecule is O=C(CN1CCN(Cc2ccco2)CC1)NC1CCCc2ccccc21. The van der Waals surface area contributed by atoms with Crippen molar-refractivity contribution in [2.45, 2.75) is 31.8 Å². The molecular formula is C21H27N3O2. The number of carbonyl (C=O) groups is 1. The Balaban J connectivity index is 1.25. The van der Waals surface area contributed by atoms with E-state index in [0.29, 0.717) is 6.54 Å². The Morgan fingerprint density at radius 3 is 2.69 bits per heavy atom. The van der Waals surface area contributed by atoms with Crippen LogP contribution in [0.25, 0.3) is 0 Å². The van der Waals surface area contributed by atoms with Crippen LogP contribution in [-0.2, 0) is 17.8 Å². The van der Waals surface area contributed by atoms with Crippen LogP contribution in [0, 0.1) is 0 Å². The third kappa shape index (κ3) is 4.17. The van der Waals surface area contributed by atoms with Crippen LogP contribution in [0.4, 0.5) is 0 Å². The summed E-state index contributed by atoms with van der Waals surface area (Å²) >= 11 is 0. The molecule has 1 N–H and O–H groups in total. The van der Waals surface area contributed by atoms with Gasteiger partial charge < -0.3 is 9.73 Å². The second kappa shape index (κ2) is 8.06. The molecule has 0 saturated carbocycles. The summed E-state index contributed by atoms with van der Waals surface area (Å²) in [7, 11) is 0. The lowest BCUT2D eigenvalue weighted by molar-refractivity contribution is -0.123. The topological polar surface area (TPSA) is 48.7 Å². The average Bonchev–Trinajstić information content (AvgIpc) is 3.17. The minimum atomic E-state index is 0.145. The number of hydrogen-bond donors (Lipinski definition) is 1. The predicted octanol–water partition coefficient (Wildman–Crippen LogP) is 2.59. The number of rotatable bonds is 5. The molecule has 4 rings (SSSR count). The standard InChI is InChI=1S/C21H27N3O2/c25-21(22-20-9-3-6-17-5-1-2-8-19(17)20)16-24-12-10-23(11-13-24)15-18-7-4-14-26-18/h1-2,4-5,7-8,14,20H,3,6,9-13,15-16H2,(H,22,25). The molecule has 1 aliphatic carbocycles. The van der Waals surface area contributed by atoms with Gasteiger partial charge in [-0.15, -0.1) is 0 Å². The van der Waals surface area contributed by atoms with E-state index in [0.717, 1.165) is 57.7 Å². The number of piperazine rings is 1. The second-order valence-corrected chi connectivity index (χ2v) is 7.34. The summed E-state index contributed by atoms with van der Waals surface area (Å²) in [5.74, 6) is 1.15. The fourth-order valence-electron chi connectivity index (χ4n) is 4.08. The van der Waals surface area contributed by atoms with Crippen molar-refractivity contribution in [3.05, 3.63) is 59.5 Å². The maximum absolute atomic E-state index is 12.5. The second-order valence-electron chi connectivity index (χ2n) is 7.34. The van der Waals surface area contributed by atoms with Crippen molar-refractivity contribution in [1.29, 1.82) is 0 Å². The Hall–Kier alpha value is -2.11. The van der Waals surface area contributed by atoms with E-state index in [1.165, 1.54) is 11.1 Å². The molecule has 0 bridgehead atoms. The molecule has 5 heteroatoms. The quantitative estimate of drug-likeness (QED) is 0.898. The molecule has 5 nitrogen and oxygen atoms in total. The number of hydrogen-bond acceptors (Lipinski definition) is 4. The Morgan fingerprint density at radius 1 is 1.08 bits per heavy atom. The van der Waals surface area contributed by atoms with Gasteiger partial charge in [-0.2, -0.15) is 0 Å². The van der Waals surface area contributed by atoms with E-state index in [2.05, 4.69) is 39.4 Å². The van der Waals surface area contributed by atoms with Crippen molar-refractivity contribution in [3.8, 4) is 0 Å². The predicted molar refractivity (Wildman–Crippen MR) is 101 cm³/mol. The molecule has 2 aromatic rings. The Labute approximate surface area is 155 Å². The van der Waals surface area contributed by atoms with Gasteiger partial charge >= 0.3 is 0 Å². The van der Waals surface area contributed by atoms with Crippen LogP contribution in [0.1, 0.15) is 35.8 Å². The van der Waals surface area contributed by atoms with E-state index in [1.807, 2.05) is 12.1 Å². The van der Waals surface area contributed by atoms with Gasteiger partial charge in [-0.3, -0.25) is 14.6 Å². The van der Waals surface area contributed by atoms with Gasteiger partial charge in [0.1, 0.15) is 5.76 Å². The van der Waals surface area contributed by atoms with E-state index >= 15 is 0 Å². The van der Waals surface area contributed by atoms with Crippen molar-refractivity contribution in [2.75, 3.05) is 32.7 Å². The molecule has 1 aromatic carbocycles. The minimum absolute atomic E-state index is 0.145. The Bertz CT molecular complexity index is 721. The van der Waals surface area contributed by atoms with Gasteiger partial charge in [0.05, 0.1) is 25.4 Å². The van der Waals surface area contributed by atoms with E-state index < -0.39 is 0 Å². The molecule has 138 valence electrons. The fourth-order valence-corrected chi connectivity index (χ4v) is 4.08. The highest BCUT2D eigenvalue weighted by molar-refractivity contribution is 5.78. The Kier molecular flexibility index (Phi) is 5.37. The van der Waals surface area contributed by atoms with E-state index in [9.17, 15) is 4.79 Å². The van der Waals surface area contributed by atoms with Crippen LogP contribution < -0.4 is 5.32 Å². The molecule has 2 aliphatic rings. The highest BCUT2D eigenvalue weighted by Gasteiger charge is 2.24. The number of amides is 1. The summed E-state index contributed by atoms with van der Waals surface area (Å²) < 4.78 is 5.42. The molecule has 1 amide bonds. The van der Waals surface area contributed by atoms with Gasteiger partial charge in [-0.1, -0.05) is 24.3 Å². The molecule has 0 spiro atoms. The fraction of sp³-hybridized carbons (Fsp3) is 0.476. The first-order valence-electron chi connectivity index (χ1n) is 9.62. The minimum Gasteiger partial charge on any atom is -0.468 e. The van der Waals surface area contributed by atoms with Gasteiger partial charge in [0.15, 0.2) is 0 Å². The summed E-state index contributed by atoms with van der Waals surface area (Å²) in [5.41, 5.74) is 2.69. The van der Waals surface area contributed by atoms with Gasteiger partial charge in [-0.05, 0) is 42.5 Å². The molecule has 1 atom stereocenters. The Morgan fingerprint density at radius 2 is 1.88 bits per heavy atom. The van der Waals surface area contributed by atoms with E-state index in [4.69, 9.17) is 4.42 Å². The average molecular weight is 353 g/mol. The van der Waals surface area contributed by atoms with Crippen LogP contribution >= 0.6 is 0 Å². The first-order valence-corrected chi connectivity index (χ1v) is 9.62. The molecule has 1 aliphatic heterocycles. The van der Waals surface area contributed by atoms with Crippen LogP contribution in [0.3, 0.4) is 0 Å². The lowest BCUT2D eigenvalue weighted by Gasteiger charge is -2.34. The molecule has 1 fully saturated rings.